The molecule has 0 amide bonds. The van der Waals surface area contributed by atoms with Crippen LogP contribution < -0.4 is 10.1 Å². The molecule has 0 radical (unpaired) electrons. The van der Waals surface area contributed by atoms with Crippen LogP contribution in [0.1, 0.15) is 49.5 Å². The molecule has 5 rings (SSSR count). The number of aliphatic carboxylic acids is 1. The van der Waals surface area contributed by atoms with Gasteiger partial charge in [-0.15, -0.1) is 0 Å². The number of hydrogen-bond acceptors (Lipinski definition) is 5. The second kappa shape index (κ2) is 9.26. The van der Waals surface area contributed by atoms with Gasteiger partial charge >= 0.3 is 5.97 Å². The molecular formula is C29H33NO5. The molecule has 184 valence electrons. The number of ether oxygens (including phenoxy) is 2. The molecule has 1 aliphatic heterocycles. The SMILES string of the molecule is C[C@@H](OC[C@H](O)CNC(C)(C)Cc1ccc2ccccc2c1)c1cccc2c1[C@H]1[C@@H](O2)[C@@H]1C(=O)O. The largest absolute Gasteiger partial charge is 0.489 e. The van der Waals surface area contributed by atoms with Crippen molar-refractivity contribution in [2.45, 2.75) is 57.0 Å². The Balaban J connectivity index is 1.14. The molecule has 2 aliphatic rings. The van der Waals surface area contributed by atoms with Crippen LogP contribution >= 0.6 is 0 Å². The molecule has 6 heteroatoms. The fourth-order valence-corrected chi connectivity index (χ4v) is 5.31. The molecule has 1 aliphatic carbocycles. The molecule has 3 aromatic carbocycles. The van der Waals surface area contributed by atoms with E-state index in [9.17, 15) is 15.0 Å². The van der Waals surface area contributed by atoms with E-state index in [0.717, 1.165) is 23.3 Å². The van der Waals surface area contributed by atoms with E-state index in [1.807, 2.05) is 31.2 Å². The van der Waals surface area contributed by atoms with E-state index in [2.05, 4.69) is 55.6 Å². The van der Waals surface area contributed by atoms with Crippen molar-refractivity contribution in [2.75, 3.05) is 13.2 Å². The summed E-state index contributed by atoms with van der Waals surface area (Å²) in [6.07, 6.45) is -0.370. The van der Waals surface area contributed by atoms with Crippen LogP contribution in [0.3, 0.4) is 0 Å². The smallest absolute Gasteiger partial charge is 0.311 e. The van der Waals surface area contributed by atoms with Gasteiger partial charge in [-0.1, -0.05) is 54.6 Å². The summed E-state index contributed by atoms with van der Waals surface area (Å²) in [5, 5.41) is 25.9. The third kappa shape index (κ3) is 4.92. The first-order valence-electron chi connectivity index (χ1n) is 12.3. The fraction of sp³-hybridized carbons (Fsp3) is 0.414. The minimum Gasteiger partial charge on any atom is -0.489 e. The fourth-order valence-electron chi connectivity index (χ4n) is 5.31. The van der Waals surface area contributed by atoms with Gasteiger partial charge < -0.3 is 25.0 Å². The summed E-state index contributed by atoms with van der Waals surface area (Å²) >= 11 is 0. The van der Waals surface area contributed by atoms with Crippen molar-refractivity contribution in [3.05, 3.63) is 77.4 Å². The van der Waals surface area contributed by atoms with Crippen molar-refractivity contribution >= 4 is 16.7 Å². The molecule has 3 aromatic rings. The molecule has 0 saturated heterocycles. The van der Waals surface area contributed by atoms with Crippen LogP contribution in [-0.2, 0) is 16.0 Å². The van der Waals surface area contributed by atoms with Crippen LogP contribution in [0.4, 0.5) is 0 Å². The van der Waals surface area contributed by atoms with Gasteiger partial charge in [-0.2, -0.15) is 0 Å². The number of benzene rings is 3. The van der Waals surface area contributed by atoms with Crippen LogP contribution in [0.25, 0.3) is 10.8 Å². The van der Waals surface area contributed by atoms with E-state index >= 15 is 0 Å². The van der Waals surface area contributed by atoms with E-state index in [1.165, 1.54) is 16.3 Å². The maximum atomic E-state index is 11.5. The van der Waals surface area contributed by atoms with Crippen molar-refractivity contribution in [3.63, 3.8) is 0 Å². The minimum atomic E-state index is -0.818. The maximum Gasteiger partial charge on any atom is 0.311 e. The summed E-state index contributed by atoms with van der Waals surface area (Å²) in [5.41, 5.74) is 2.94. The summed E-state index contributed by atoms with van der Waals surface area (Å²) in [6, 6.07) is 20.6. The van der Waals surface area contributed by atoms with Crippen LogP contribution in [0.15, 0.2) is 60.7 Å². The Morgan fingerprint density at radius 3 is 2.66 bits per heavy atom. The van der Waals surface area contributed by atoms with Gasteiger partial charge in [0.2, 0.25) is 0 Å². The Kier molecular flexibility index (Phi) is 6.30. The van der Waals surface area contributed by atoms with E-state index < -0.39 is 18.0 Å². The van der Waals surface area contributed by atoms with Gasteiger partial charge in [0, 0.05) is 23.6 Å². The Morgan fingerprint density at radius 1 is 1.11 bits per heavy atom. The number of rotatable bonds is 10. The Morgan fingerprint density at radius 2 is 1.89 bits per heavy atom. The Hall–Kier alpha value is -2.93. The lowest BCUT2D eigenvalue weighted by Crippen LogP contribution is -2.46. The lowest BCUT2D eigenvalue weighted by atomic mass is 9.93. The van der Waals surface area contributed by atoms with Gasteiger partial charge in [0.1, 0.15) is 17.8 Å². The van der Waals surface area contributed by atoms with Crippen LogP contribution in [-0.4, -0.2) is 47.1 Å². The molecule has 1 saturated carbocycles. The highest BCUT2D eigenvalue weighted by Crippen LogP contribution is 2.60. The standard InChI is InChI=1S/C29H33NO5/c1-17(22-9-6-10-23-24(22)25-26(28(32)33)27(25)35-23)34-16-21(31)15-30-29(2,3)14-18-11-12-19-7-4-5-8-20(19)13-18/h4-13,17,21,25-27,30-31H,14-16H2,1-3H3,(H,32,33)/t17-,21-,25-,26-,27-/m1/s1. The second-order valence-electron chi connectivity index (χ2n) is 10.5. The maximum absolute atomic E-state index is 11.5. The number of aliphatic hydroxyl groups excluding tert-OH is 1. The quantitative estimate of drug-likeness (QED) is 0.402. The first kappa shape index (κ1) is 23.8. The summed E-state index contributed by atoms with van der Waals surface area (Å²) in [7, 11) is 0. The monoisotopic (exact) mass is 475 g/mol. The molecular weight excluding hydrogens is 442 g/mol. The summed E-state index contributed by atoms with van der Waals surface area (Å²) < 4.78 is 11.8. The molecule has 3 N–H and O–H groups in total. The van der Waals surface area contributed by atoms with Crippen LogP contribution in [0.2, 0.25) is 0 Å². The van der Waals surface area contributed by atoms with Crippen molar-refractivity contribution in [2.24, 2.45) is 5.92 Å². The first-order valence-corrected chi connectivity index (χ1v) is 12.3. The van der Waals surface area contributed by atoms with Gasteiger partial charge in [-0.05, 0) is 55.2 Å². The molecule has 0 spiro atoms. The minimum absolute atomic E-state index is 0.104. The highest BCUT2D eigenvalue weighted by atomic mass is 16.5. The van der Waals surface area contributed by atoms with Gasteiger partial charge in [0.25, 0.3) is 0 Å². The number of aliphatic hydroxyl groups is 1. The third-order valence-electron chi connectivity index (χ3n) is 7.19. The van der Waals surface area contributed by atoms with Crippen LogP contribution in [0.5, 0.6) is 5.75 Å². The number of carboxylic acid groups (broad SMARTS) is 1. The van der Waals surface area contributed by atoms with Gasteiger partial charge in [0.05, 0.1) is 18.8 Å². The number of β-amino-alcohol motifs (C(OH)–C–C–N with tert-alkyl or cyclic N) is 1. The summed E-state index contributed by atoms with van der Waals surface area (Å²) in [4.78, 5) is 11.5. The molecule has 1 heterocycles. The first-order chi connectivity index (χ1) is 16.7. The highest BCUT2D eigenvalue weighted by molar-refractivity contribution is 5.83. The number of carbonyl (C=O) groups is 1. The zero-order valence-corrected chi connectivity index (χ0v) is 20.4. The van der Waals surface area contributed by atoms with Gasteiger partial charge in [-0.25, -0.2) is 0 Å². The normalized spacial score (nSPS) is 22.2. The molecule has 5 atom stereocenters. The predicted molar refractivity (Wildman–Crippen MR) is 135 cm³/mol. The number of fused-ring (bicyclic) bond motifs is 4. The lowest BCUT2D eigenvalue weighted by molar-refractivity contribution is -0.139. The Labute approximate surface area is 205 Å². The van der Waals surface area contributed by atoms with Crippen molar-refractivity contribution < 1.29 is 24.5 Å². The number of carboxylic acids is 1. The number of hydrogen-bond donors (Lipinski definition) is 3. The molecule has 6 nitrogen and oxygen atoms in total. The van der Waals surface area contributed by atoms with E-state index in [-0.39, 0.29) is 30.3 Å². The van der Waals surface area contributed by atoms with Crippen molar-refractivity contribution in [3.8, 4) is 5.75 Å². The molecule has 0 bridgehead atoms. The molecule has 1 fully saturated rings. The predicted octanol–water partition coefficient (Wildman–Crippen LogP) is 4.45. The van der Waals surface area contributed by atoms with Crippen molar-refractivity contribution in [1.29, 1.82) is 0 Å². The molecule has 0 aromatic heterocycles. The van der Waals surface area contributed by atoms with Gasteiger partial charge in [-0.3, -0.25) is 4.79 Å². The lowest BCUT2D eigenvalue weighted by Gasteiger charge is -2.28. The zero-order chi connectivity index (χ0) is 24.7. The zero-order valence-electron chi connectivity index (χ0n) is 20.4. The van der Waals surface area contributed by atoms with E-state index in [4.69, 9.17) is 9.47 Å². The number of nitrogens with one attached hydrogen (secondary N) is 1. The van der Waals surface area contributed by atoms with Crippen molar-refractivity contribution in [1.82, 2.24) is 5.32 Å². The highest BCUT2D eigenvalue weighted by Gasteiger charge is 2.63. The average molecular weight is 476 g/mol. The van der Waals surface area contributed by atoms with E-state index in [0.29, 0.717) is 6.54 Å². The summed E-state index contributed by atoms with van der Waals surface area (Å²) in [6.45, 7) is 6.80. The van der Waals surface area contributed by atoms with E-state index in [1.54, 1.807) is 0 Å². The Bertz CT molecular complexity index is 1240. The second-order valence-corrected chi connectivity index (χ2v) is 10.5. The topological polar surface area (TPSA) is 88.0 Å². The summed E-state index contributed by atoms with van der Waals surface area (Å²) in [5.74, 6) is -0.646. The molecule has 35 heavy (non-hydrogen) atoms. The average Bonchev–Trinajstić information content (AvgIpc) is 3.42. The molecule has 0 unspecified atom stereocenters. The van der Waals surface area contributed by atoms with Crippen LogP contribution in [0, 0.1) is 5.92 Å². The van der Waals surface area contributed by atoms with Gasteiger partial charge in [0.15, 0.2) is 0 Å². The third-order valence-corrected chi connectivity index (χ3v) is 7.19.